The number of benzene rings is 2. The van der Waals surface area contributed by atoms with Gasteiger partial charge in [0.05, 0.1) is 5.69 Å². The van der Waals surface area contributed by atoms with Crippen molar-refractivity contribution in [2.75, 3.05) is 18.5 Å². The van der Waals surface area contributed by atoms with Crippen LogP contribution < -0.4 is 10.1 Å². The van der Waals surface area contributed by atoms with Crippen molar-refractivity contribution in [2.45, 2.75) is 0 Å². The standard InChI is InChI=1S/C16H11F4NO4/c17-9-1-3-10(4-2-9)24-8-14(23)25-7-13(22)21-12-6-5-11(18)15(19)16(12)20/h1-6H,7-8H2,(H,21,22). The van der Waals surface area contributed by atoms with Crippen LogP contribution in [0.15, 0.2) is 36.4 Å². The van der Waals surface area contributed by atoms with E-state index < -0.39 is 54.0 Å². The summed E-state index contributed by atoms with van der Waals surface area (Å²) in [6.07, 6.45) is 0. The zero-order valence-corrected chi connectivity index (χ0v) is 12.5. The third-order valence-electron chi connectivity index (χ3n) is 2.84. The number of ether oxygens (including phenoxy) is 2. The molecule has 0 aliphatic rings. The van der Waals surface area contributed by atoms with Crippen molar-refractivity contribution in [1.29, 1.82) is 0 Å². The average molecular weight is 357 g/mol. The number of anilines is 1. The Morgan fingerprint density at radius 3 is 2.24 bits per heavy atom. The van der Waals surface area contributed by atoms with E-state index in [1.807, 2.05) is 5.32 Å². The number of nitrogens with one attached hydrogen (secondary N) is 1. The maximum absolute atomic E-state index is 13.4. The van der Waals surface area contributed by atoms with Gasteiger partial charge in [-0.3, -0.25) is 4.79 Å². The fraction of sp³-hybridized carbons (Fsp3) is 0.125. The minimum Gasteiger partial charge on any atom is -0.482 e. The topological polar surface area (TPSA) is 64.6 Å². The first kappa shape index (κ1) is 18.2. The Morgan fingerprint density at radius 1 is 0.880 bits per heavy atom. The first-order valence-corrected chi connectivity index (χ1v) is 6.84. The lowest BCUT2D eigenvalue weighted by Crippen LogP contribution is -2.24. The van der Waals surface area contributed by atoms with Crippen molar-refractivity contribution >= 4 is 17.6 Å². The minimum absolute atomic E-state index is 0.214. The van der Waals surface area contributed by atoms with Crippen molar-refractivity contribution in [1.82, 2.24) is 0 Å². The second-order valence-corrected chi connectivity index (χ2v) is 4.67. The Hall–Kier alpha value is -3.10. The van der Waals surface area contributed by atoms with Gasteiger partial charge in [-0.1, -0.05) is 0 Å². The first-order chi connectivity index (χ1) is 11.9. The number of rotatable bonds is 6. The third kappa shape index (κ3) is 5.20. The summed E-state index contributed by atoms with van der Waals surface area (Å²) >= 11 is 0. The number of esters is 1. The monoisotopic (exact) mass is 357 g/mol. The van der Waals surface area contributed by atoms with Crippen molar-refractivity contribution in [3.05, 3.63) is 59.7 Å². The zero-order valence-electron chi connectivity index (χ0n) is 12.5. The van der Waals surface area contributed by atoms with Crippen LogP contribution in [0.3, 0.4) is 0 Å². The molecule has 0 aromatic heterocycles. The highest BCUT2D eigenvalue weighted by Crippen LogP contribution is 2.19. The zero-order chi connectivity index (χ0) is 18.4. The van der Waals surface area contributed by atoms with E-state index in [-0.39, 0.29) is 5.75 Å². The summed E-state index contributed by atoms with van der Waals surface area (Å²) in [7, 11) is 0. The average Bonchev–Trinajstić information content (AvgIpc) is 2.60. The molecule has 132 valence electrons. The molecule has 0 aliphatic carbocycles. The van der Waals surface area contributed by atoms with Gasteiger partial charge >= 0.3 is 5.97 Å². The van der Waals surface area contributed by atoms with E-state index in [1.165, 1.54) is 12.1 Å². The number of hydrogen-bond acceptors (Lipinski definition) is 4. The number of carbonyl (C=O) groups is 2. The molecule has 0 atom stereocenters. The fourth-order valence-corrected chi connectivity index (χ4v) is 1.67. The Morgan fingerprint density at radius 2 is 1.56 bits per heavy atom. The molecule has 0 aliphatic heterocycles. The van der Waals surface area contributed by atoms with Gasteiger partial charge in [0, 0.05) is 0 Å². The van der Waals surface area contributed by atoms with E-state index in [0.717, 1.165) is 18.2 Å². The summed E-state index contributed by atoms with van der Waals surface area (Å²) < 4.78 is 61.4. The second-order valence-electron chi connectivity index (χ2n) is 4.67. The molecule has 0 saturated carbocycles. The molecule has 2 aromatic carbocycles. The van der Waals surface area contributed by atoms with Gasteiger partial charge in [-0.2, -0.15) is 0 Å². The molecule has 25 heavy (non-hydrogen) atoms. The molecular weight excluding hydrogens is 346 g/mol. The Labute approximate surface area is 139 Å². The van der Waals surface area contributed by atoms with Crippen LogP contribution in [-0.2, 0) is 14.3 Å². The van der Waals surface area contributed by atoms with Crippen LogP contribution in [-0.4, -0.2) is 25.1 Å². The lowest BCUT2D eigenvalue weighted by Gasteiger charge is -2.09. The highest BCUT2D eigenvalue weighted by atomic mass is 19.2. The molecule has 1 amide bonds. The minimum atomic E-state index is -1.73. The van der Waals surface area contributed by atoms with Gasteiger partial charge in [0.2, 0.25) is 0 Å². The van der Waals surface area contributed by atoms with Crippen LogP contribution in [0, 0.1) is 23.3 Å². The molecule has 2 rings (SSSR count). The molecule has 0 heterocycles. The van der Waals surface area contributed by atoms with Gasteiger partial charge < -0.3 is 14.8 Å². The number of carbonyl (C=O) groups excluding carboxylic acids is 2. The normalized spacial score (nSPS) is 10.2. The molecule has 0 radical (unpaired) electrons. The SMILES string of the molecule is O=C(COC(=O)COc1ccc(F)cc1)Nc1ccc(F)c(F)c1F. The molecule has 0 unspecified atom stereocenters. The molecular formula is C16H11F4NO4. The molecule has 0 bridgehead atoms. The van der Waals surface area contributed by atoms with Crippen LogP contribution in [0.2, 0.25) is 0 Å². The fourth-order valence-electron chi connectivity index (χ4n) is 1.67. The summed E-state index contributed by atoms with van der Waals surface area (Å²) in [4.78, 5) is 22.9. The summed E-state index contributed by atoms with van der Waals surface area (Å²) in [5.74, 6) is -6.84. The maximum Gasteiger partial charge on any atom is 0.344 e. The lowest BCUT2D eigenvalue weighted by atomic mass is 10.3. The predicted molar refractivity (Wildman–Crippen MR) is 77.8 cm³/mol. The lowest BCUT2D eigenvalue weighted by molar-refractivity contribution is -0.149. The third-order valence-corrected chi connectivity index (χ3v) is 2.84. The van der Waals surface area contributed by atoms with E-state index in [0.29, 0.717) is 6.07 Å². The van der Waals surface area contributed by atoms with Crippen molar-refractivity contribution in [3.8, 4) is 5.75 Å². The maximum atomic E-state index is 13.4. The molecule has 5 nitrogen and oxygen atoms in total. The summed E-state index contributed by atoms with van der Waals surface area (Å²) in [5.41, 5.74) is -0.595. The number of hydrogen-bond donors (Lipinski definition) is 1. The van der Waals surface area contributed by atoms with E-state index in [2.05, 4.69) is 4.74 Å². The van der Waals surface area contributed by atoms with Crippen molar-refractivity contribution in [2.24, 2.45) is 0 Å². The van der Waals surface area contributed by atoms with E-state index >= 15 is 0 Å². The largest absolute Gasteiger partial charge is 0.482 e. The van der Waals surface area contributed by atoms with E-state index in [4.69, 9.17) is 4.74 Å². The molecule has 2 aromatic rings. The second kappa shape index (κ2) is 8.13. The van der Waals surface area contributed by atoms with Crippen LogP contribution in [0.1, 0.15) is 0 Å². The molecule has 9 heteroatoms. The van der Waals surface area contributed by atoms with Gasteiger partial charge in [0.1, 0.15) is 11.6 Å². The molecule has 0 spiro atoms. The van der Waals surface area contributed by atoms with Crippen LogP contribution >= 0.6 is 0 Å². The number of amides is 1. The van der Waals surface area contributed by atoms with Gasteiger partial charge in [-0.25, -0.2) is 22.4 Å². The van der Waals surface area contributed by atoms with Crippen LogP contribution in [0.4, 0.5) is 23.2 Å². The number of halogens is 4. The van der Waals surface area contributed by atoms with Crippen LogP contribution in [0.25, 0.3) is 0 Å². The Balaban J connectivity index is 1.78. The highest BCUT2D eigenvalue weighted by molar-refractivity contribution is 5.93. The summed E-state index contributed by atoms with van der Waals surface area (Å²) in [5, 5.41) is 1.93. The van der Waals surface area contributed by atoms with Gasteiger partial charge in [0.15, 0.2) is 30.7 Å². The van der Waals surface area contributed by atoms with Crippen LogP contribution in [0.5, 0.6) is 5.75 Å². The summed E-state index contributed by atoms with van der Waals surface area (Å²) in [6, 6.07) is 6.30. The molecule has 0 saturated heterocycles. The summed E-state index contributed by atoms with van der Waals surface area (Å²) in [6.45, 7) is -1.33. The van der Waals surface area contributed by atoms with Gasteiger partial charge in [-0.15, -0.1) is 0 Å². The van der Waals surface area contributed by atoms with Crippen molar-refractivity contribution in [3.63, 3.8) is 0 Å². The van der Waals surface area contributed by atoms with E-state index in [9.17, 15) is 27.2 Å². The Bertz CT molecular complexity index is 780. The van der Waals surface area contributed by atoms with Crippen molar-refractivity contribution < 1.29 is 36.6 Å². The Kier molecular flexibility index (Phi) is 5.93. The van der Waals surface area contributed by atoms with Gasteiger partial charge in [0.25, 0.3) is 5.91 Å². The highest BCUT2D eigenvalue weighted by Gasteiger charge is 2.16. The molecule has 1 N–H and O–H groups in total. The first-order valence-electron chi connectivity index (χ1n) is 6.84. The predicted octanol–water partition coefficient (Wildman–Crippen LogP) is 2.80. The smallest absolute Gasteiger partial charge is 0.344 e. The van der Waals surface area contributed by atoms with E-state index in [1.54, 1.807) is 0 Å². The molecule has 0 fully saturated rings. The van der Waals surface area contributed by atoms with Gasteiger partial charge in [-0.05, 0) is 36.4 Å². The quantitative estimate of drug-likeness (QED) is 0.491.